The average Bonchev–Trinajstić information content (AvgIpc) is 2.54. The molecule has 0 saturated heterocycles. The molecule has 2 rings (SSSR count). The number of primary amides is 1. The number of hydrogen-bond acceptors (Lipinski definition) is 6. The number of nitrogens with two attached hydrogens (primary N) is 1. The second kappa shape index (κ2) is 7.31. The molecule has 1 aromatic carbocycles. The predicted molar refractivity (Wildman–Crippen MR) is 94.2 cm³/mol. The molecule has 2 aromatic rings. The smallest absolute Gasteiger partial charge is 0.266 e. The van der Waals surface area contributed by atoms with E-state index in [1.165, 1.54) is 11.8 Å². The van der Waals surface area contributed by atoms with Crippen LogP contribution in [0.25, 0.3) is 0 Å². The van der Waals surface area contributed by atoms with Gasteiger partial charge in [0.15, 0.2) is 16.8 Å². The van der Waals surface area contributed by atoms with Gasteiger partial charge in [-0.3, -0.25) is 14.4 Å². The highest BCUT2D eigenvalue weighted by atomic mass is 32.2. The second-order valence-electron chi connectivity index (χ2n) is 5.09. The number of hydrogen-bond donors (Lipinski definition) is 3. The number of carbonyl (C=O) groups is 2. The summed E-state index contributed by atoms with van der Waals surface area (Å²) in [7, 11) is 0. The molecule has 8 heteroatoms. The van der Waals surface area contributed by atoms with Gasteiger partial charge in [0.25, 0.3) is 11.5 Å². The van der Waals surface area contributed by atoms with Crippen molar-refractivity contribution in [2.24, 2.45) is 5.73 Å². The summed E-state index contributed by atoms with van der Waals surface area (Å²) >= 11 is 1.23. The molecule has 0 aliphatic rings. The summed E-state index contributed by atoms with van der Waals surface area (Å²) in [4.78, 5) is 42.3. The van der Waals surface area contributed by atoms with Crippen LogP contribution in [0.2, 0.25) is 0 Å². The maximum absolute atomic E-state index is 12.0. The number of ketones is 1. The van der Waals surface area contributed by atoms with Crippen LogP contribution in [0.15, 0.2) is 28.2 Å². The predicted octanol–water partition coefficient (Wildman–Crippen LogP) is 2.24. The first-order chi connectivity index (χ1) is 11.4. The molecule has 1 heterocycles. The van der Waals surface area contributed by atoms with E-state index < -0.39 is 11.5 Å². The Morgan fingerprint density at radius 1 is 1.38 bits per heavy atom. The molecule has 0 atom stereocenters. The van der Waals surface area contributed by atoms with E-state index in [9.17, 15) is 14.4 Å². The topological polar surface area (TPSA) is 118 Å². The Balaban J connectivity index is 2.51. The van der Waals surface area contributed by atoms with Gasteiger partial charge in [-0.1, -0.05) is 24.8 Å². The first kappa shape index (κ1) is 17.7. The van der Waals surface area contributed by atoms with Gasteiger partial charge >= 0.3 is 0 Å². The van der Waals surface area contributed by atoms with E-state index in [2.05, 4.69) is 15.3 Å². The molecule has 0 aliphatic carbocycles. The van der Waals surface area contributed by atoms with Crippen molar-refractivity contribution in [2.45, 2.75) is 25.4 Å². The van der Waals surface area contributed by atoms with Crippen LogP contribution < -0.4 is 16.6 Å². The molecule has 1 amide bonds. The van der Waals surface area contributed by atoms with Crippen LogP contribution in [-0.4, -0.2) is 27.9 Å². The number of nitrogens with one attached hydrogen (secondary N) is 2. The molecular weight excluding hydrogens is 328 g/mol. The highest BCUT2D eigenvalue weighted by Gasteiger charge is 2.17. The number of rotatable bonds is 6. The Morgan fingerprint density at radius 3 is 2.67 bits per heavy atom. The Morgan fingerprint density at radius 2 is 2.08 bits per heavy atom. The van der Waals surface area contributed by atoms with Crippen molar-refractivity contribution >= 4 is 35.0 Å². The van der Waals surface area contributed by atoms with Crippen molar-refractivity contribution in [3.05, 3.63) is 45.2 Å². The van der Waals surface area contributed by atoms with E-state index in [4.69, 9.17) is 5.73 Å². The van der Waals surface area contributed by atoms with Gasteiger partial charge in [0.2, 0.25) is 0 Å². The standard InChI is InChI=1S/C16H18N4O3S/c1-4-11(21)10-7-9(6-5-8(10)2)18-14-12(13(17)22)15(23)20-16(19-14)24-3/h5-7H,4H2,1-3H3,(H2,17,22)(H2,18,19,20,23). The maximum Gasteiger partial charge on any atom is 0.266 e. The Kier molecular flexibility index (Phi) is 5.40. The summed E-state index contributed by atoms with van der Waals surface area (Å²) < 4.78 is 0. The van der Waals surface area contributed by atoms with Crippen LogP contribution in [0.4, 0.5) is 11.5 Å². The molecule has 7 nitrogen and oxygen atoms in total. The first-order valence-corrected chi connectivity index (χ1v) is 8.48. The van der Waals surface area contributed by atoms with Gasteiger partial charge in [0, 0.05) is 17.7 Å². The highest BCUT2D eigenvalue weighted by Crippen LogP contribution is 2.22. The fourth-order valence-electron chi connectivity index (χ4n) is 2.20. The zero-order valence-electron chi connectivity index (χ0n) is 13.6. The lowest BCUT2D eigenvalue weighted by Crippen LogP contribution is -2.26. The van der Waals surface area contributed by atoms with Crippen molar-refractivity contribution in [1.29, 1.82) is 0 Å². The second-order valence-corrected chi connectivity index (χ2v) is 5.89. The van der Waals surface area contributed by atoms with Crippen LogP contribution >= 0.6 is 11.8 Å². The fraction of sp³-hybridized carbons (Fsp3) is 0.250. The van der Waals surface area contributed by atoms with Gasteiger partial charge in [-0.25, -0.2) is 4.98 Å². The lowest BCUT2D eigenvalue weighted by molar-refractivity contribution is 0.0983. The SMILES string of the molecule is CCC(=O)c1cc(Nc2nc(SC)[nH]c(=O)c2C(N)=O)ccc1C. The molecule has 0 aliphatic heterocycles. The lowest BCUT2D eigenvalue weighted by atomic mass is 10.0. The largest absolute Gasteiger partial charge is 0.365 e. The molecule has 0 radical (unpaired) electrons. The first-order valence-electron chi connectivity index (χ1n) is 7.26. The van der Waals surface area contributed by atoms with Crippen LogP contribution in [0.1, 0.15) is 39.6 Å². The van der Waals surface area contributed by atoms with Crippen molar-refractivity contribution < 1.29 is 9.59 Å². The molecule has 126 valence electrons. The molecule has 0 spiro atoms. The fourth-order valence-corrected chi connectivity index (χ4v) is 2.57. The van der Waals surface area contributed by atoms with E-state index in [0.29, 0.717) is 22.8 Å². The van der Waals surface area contributed by atoms with E-state index >= 15 is 0 Å². The summed E-state index contributed by atoms with van der Waals surface area (Å²) in [5.74, 6) is -0.805. The molecule has 24 heavy (non-hydrogen) atoms. The number of nitrogens with zero attached hydrogens (tertiary/aromatic N) is 1. The minimum absolute atomic E-state index is 0.00921. The van der Waals surface area contributed by atoms with Gasteiger partial charge in [0.1, 0.15) is 5.56 Å². The molecular formula is C16H18N4O3S. The minimum Gasteiger partial charge on any atom is -0.365 e. The molecule has 0 saturated carbocycles. The minimum atomic E-state index is -0.879. The number of thioether (sulfide) groups is 1. The number of H-pyrrole nitrogens is 1. The number of amides is 1. The molecule has 0 bridgehead atoms. The number of Topliss-reactive ketones (excluding diaryl/α,β-unsaturated/α-hetero) is 1. The Hall–Kier alpha value is -2.61. The van der Waals surface area contributed by atoms with Crippen molar-refractivity contribution in [1.82, 2.24) is 9.97 Å². The van der Waals surface area contributed by atoms with Gasteiger partial charge in [-0.15, -0.1) is 0 Å². The number of carbonyl (C=O) groups excluding carboxylic acids is 2. The number of aromatic amines is 1. The van der Waals surface area contributed by atoms with Crippen LogP contribution in [0.5, 0.6) is 0 Å². The normalized spacial score (nSPS) is 10.5. The lowest BCUT2D eigenvalue weighted by Gasteiger charge is -2.12. The van der Waals surface area contributed by atoms with Crippen LogP contribution in [-0.2, 0) is 0 Å². The number of aromatic nitrogens is 2. The van der Waals surface area contributed by atoms with Gasteiger partial charge in [0.05, 0.1) is 0 Å². The third kappa shape index (κ3) is 3.65. The summed E-state index contributed by atoms with van der Waals surface area (Å²) in [6.45, 7) is 3.63. The Labute approximate surface area is 143 Å². The van der Waals surface area contributed by atoms with Gasteiger partial charge < -0.3 is 16.0 Å². The Bertz CT molecular complexity index is 861. The summed E-state index contributed by atoms with van der Waals surface area (Å²) in [6.07, 6.45) is 2.13. The third-order valence-electron chi connectivity index (χ3n) is 3.46. The number of aryl methyl sites for hydroxylation is 1. The van der Waals surface area contributed by atoms with Crippen molar-refractivity contribution in [3.63, 3.8) is 0 Å². The highest BCUT2D eigenvalue weighted by molar-refractivity contribution is 7.98. The molecule has 4 N–H and O–H groups in total. The number of benzene rings is 1. The van der Waals surface area contributed by atoms with Gasteiger partial charge in [-0.05, 0) is 30.9 Å². The van der Waals surface area contributed by atoms with E-state index in [-0.39, 0.29) is 17.2 Å². The summed E-state index contributed by atoms with van der Waals surface area (Å²) in [6, 6.07) is 5.21. The van der Waals surface area contributed by atoms with Crippen molar-refractivity contribution in [3.8, 4) is 0 Å². The van der Waals surface area contributed by atoms with E-state index in [1.54, 1.807) is 31.4 Å². The van der Waals surface area contributed by atoms with Crippen LogP contribution in [0, 0.1) is 6.92 Å². The average molecular weight is 346 g/mol. The summed E-state index contributed by atoms with van der Waals surface area (Å²) in [5, 5.41) is 3.27. The van der Waals surface area contributed by atoms with E-state index in [1.807, 2.05) is 6.92 Å². The molecule has 0 unspecified atom stereocenters. The van der Waals surface area contributed by atoms with Crippen molar-refractivity contribution in [2.75, 3.05) is 11.6 Å². The quantitative estimate of drug-likeness (QED) is 0.419. The monoisotopic (exact) mass is 346 g/mol. The third-order valence-corrected chi connectivity index (χ3v) is 4.04. The summed E-state index contributed by atoms with van der Waals surface area (Å²) in [5.41, 5.74) is 6.40. The van der Waals surface area contributed by atoms with E-state index in [0.717, 1.165) is 5.56 Å². The molecule has 0 fully saturated rings. The zero-order valence-corrected chi connectivity index (χ0v) is 14.4. The maximum atomic E-state index is 12.0. The molecule has 1 aromatic heterocycles. The zero-order chi connectivity index (χ0) is 17.9. The number of anilines is 2. The van der Waals surface area contributed by atoms with Gasteiger partial charge in [-0.2, -0.15) is 0 Å². The van der Waals surface area contributed by atoms with Crippen LogP contribution in [0.3, 0.4) is 0 Å².